The summed E-state index contributed by atoms with van der Waals surface area (Å²) in [5.74, 6) is 0.209. The van der Waals surface area contributed by atoms with Crippen LogP contribution in [0.25, 0.3) is 0 Å². The smallest absolute Gasteiger partial charge is 0.319 e. The lowest BCUT2D eigenvalue weighted by Gasteiger charge is -2.21. The van der Waals surface area contributed by atoms with Crippen LogP contribution >= 0.6 is 17.1 Å². The average molecular weight is 274 g/mol. The van der Waals surface area contributed by atoms with Crippen molar-refractivity contribution in [1.29, 1.82) is 0 Å². The molecular formula is C11H16O4P2. The fraction of sp³-hybridized carbons (Fsp3) is 0.455. The van der Waals surface area contributed by atoms with Crippen molar-refractivity contribution in [2.75, 3.05) is 19.8 Å². The van der Waals surface area contributed by atoms with Crippen LogP contribution in [-0.4, -0.2) is 19.8 Å². The molecule has 0 amide bonds. The van der Waals surface area contributed by atoms with E-state index in [1.807, 2.05) is 18.2 Å². The van der Waals surface area contributed by atoms with E-state index >= 15 is 0 Å². The van der Waals surface area contributed by atoms with Crippen molar-refractivity contribution in [3.63, 3.8) is 0 Å². The molecular weight excluding hydrogens is 258 g/mol. The van der Waals surface area contributed by atoms with Crippen LogP contribution < -0.4 is 0 Å². The van der Waals surface area contributed by atoms with Crippen molar-refractivity contribution < 1.29 is 18.1 Å². The van der Waals surface area contributed by atoms with Crippen molar-refractivity contribution in [3.8, 4) is 0 Å². The van der Waals surface area contributed by atoms with Gasteiger partial charge in [-0.1, -0.05) is 30.3 Å². The summed E-state index contributed by atoms with van der Waals surface area (Å²) in [6.07, 6.45) is 0.936. The van der Waals surface area contributed by atoms with E-state index in [0.717, 1.165) is 6.16 Å². The Hall–Kier alpha value is -0.240. The molecule has 94 valence electrons. The summed E-state index contributed by atoms with van der Waals surface area (Å²) in [7, 11) is -1.75. The van der Waals surface area contributed by atoms with Crippen LogP contribution in [0.15, 0.2) is 30.3 Å². The SMILES string of the molecule is O=[PH]1OCC(COPCc2ccccc2)CO1. The molecule has 1 saturated heterocycles. The Kier molecular flexibility index (Phi) is 5.63. The molecule has 6 heteroatoms. The summed E-state index contributed by atoms with van der Waals surface area (Å²) in [5, 5.41) is 0. The van der Waals surface area contributed by atoms with E-state index in [1.165, 1.54) is 5.56 Å². The maximum absolute atomic E-state index is 10.8. The zero-order valence-corrected chi connectivity index (χ0v) is 11.4. The van der Waals surface area contributed by atoms with Crippen LogP contribution in [0.1, 0.15) is 5.56 Å². The fourth-order valence-electron chi connectivity index (χ4n) is 1.46. The molecule has 1 aromatic carbocycles. The molecule has 1 aliphatic heterocycles. The van der Waals surface area contributed by atoms with Gasteiger partial charge in [0.2, 0.25) is 0 Å². The van der Waals surface area contributed by atoms with E-state index in [1.54, 1.807) is 0 Å². The minimum Gasteiger partial charge on any atom is -0.362 e. The lowest BCUT2D eigenvalue weighted by Crippen LogP contribution is -2.21. The van der Waals surface area contributed by atoms with Crippen LogP contribution in [0.5, 0.6) is 0 Å². The second-order valence-electron chi connectivity index (χ2n) is 3.86. The molecule has 0 spiro atoms. The van der Waals surface area contributed by atoms with Gasteiger partial charge < -0.3 is 13.6 Å². The summed E-state index contributed by atoms with van der Waals surface area (Å²) in [6, 6.07) is 10.2. The van der Waals surface area contributed by atoms with Crippen LogP contribution in [0.4, 0.5) is 0 Å². The van der Waals surface area contributed by atoms with Gasteiger partial charge in [0.15, 0.2) is 0 Å². The summed E-state index contributed by atoms with van der Waals surface area (Å²) in [6.45, 7) is 1.57. The van der Waals surface area contributed by atoms with Gasteiger partial charge in [-0.05, 0) is 5.56 Å². The molecule has 0 saturated carbocycles. The van der Waals surface area contributed by atoms with Gasteiger partial charge in [0.1, 0.15) is 0 Å². The van der Waals surface area contributed by atoms with Gasteiger partial charge >= 0.3 is 8.25 Å². The Morgan fingerprint density at radius 3 is 2.71 bits per heavy atom. The zero-order valence-electron chi connectivity index (χ0n) is 9.43. The van der Waals surface area contributed by atoms with Crippen LogP contribution in [-0.2, 0) is 24.3 Å². The normalized spacial score (nSPS) is 25.4. The Balaban J connectivity index is 1.59. The molecule has 1 fully saturated rings. The highest BCUT2D eigenvalue weighted by atomic mass is 31.1. The summed E-state index contributed by atoms with van der Waals surface area (Å²) < 4.78 is 26.3. The van der Waals surface area contributed by atoms with Crippen molar-refractivity contribution >= 4 is 17.1 Å². The first-order chi connectivity index (χ1) is 8.34. The molecule has 1 atom stereocenters. The standard InChI is InChI=1S/C11H16O4P2/c12-17-14-7-11(8-15-17)6-13-16-9-10-4-2-1-3-5-10/h1-5,11,16-17H,6-9H2. The third-order valence-corrected chi connectivity index (χ3v) is 4.14. The lowest BCUT2D eigenvalue weighted by atomic mass is 10.2. The van der Waals surface area contributed by atoms with E-state index in [0.29, 0.717) is 28.6 Å². The largest absolute Gasteiger partial charge is 0.362 e. The van der Waals surface area contributed by atoms with Crippen molar-refractivity contribution in [3.05, 3.63) is 35.9 Å². The third-order valence-electron chi connectivity index (χ3n) is 2.41. The molecule has 2 rings (SSSR count). The molecule has 0 N–H and O–H groups in total. The molecule has 0 aromatic heterocycles. The fourth-order valence-corrected chi connectivity index (χ4v) is 3.15. The summed E-state index contributed by atoms with van der Waals surface area (Å²) in [4.78, 5) is 0. The van der Waals surface area contributed by atoms with Crippen molar-refractivity contribution in [1.82, 2.24) is 0 Å². The molecule has 1 unspecified atom stereocenters. The highest BCUT2D eigenvalue weighted by molar-refractivity contribution is 7.33. The average Bonchev–Trinajstić information content (AvgIpc) is 2.38. The van der Waals surface area contributed by atoms with Gasteiger partial charge in [-0.3, -0.25) is 4.57 Å². The van der Waals surface area contributed by atoms with Gasteiger partial charge in [0, 0.05) is 20.9 Å². The Morgan fingerprint density at radius 2 is 2.00 bits per heavy atom. The molecule has 17 heavy (non-hydrogen) atoms. The first-order valence-electron chi connectivity index (χ1n) is 5.53. The van der Waals surface area contributed by atoms with Crippen LogP contribution in [0.3, 0.4) is 0 Å². The van der Waals surface area contributed by atoms with Crippen molar-refractivity contribution in [2.24, 2.45) is 5.92 Å². The molecule has 0 aliphatic carbocycles. The monoisotopic (exact) mass is 274 g/mol. The van der Waals surface area contributed by atoms with E-state index in [2.05, 4.69) is 12.1 Å². The molecule has 1 aromatic rings. The maximum Gasteiger partial charge on any atom is 0.319 e. The second kappa shape index (κ2) is 7.25. The zero-order chi connectivity index (χ0) is 11.9. The summed E-state index contributed by atoms with van der Waals surface area (Å²) >= 11 is 0. The predicted octanol–water partition coefficient (Wildman–Crippen LogP) is 2.85. The van der Waals surface area contributed by atoms with E-state index in [9.17, 15) is 4.57 Å². The van der Waals surface area contributed by atoms with Crippen LogP contribution in [0.2, 0.25) is 0 Å². The van der Waals surface area contributed by atoms with Gasteiger partial charge in [-0.15, -0.1) is 0 Å². The maximum atomic E-state index is 10.8. The topological polar surface area (TPSA) is 44.8 Å². The number of rotatable bonds is 5. The molecule has 4 nitrogen and oxygen atoms in total. The predicted molar refractivity (Wildman–Crippen MR) is 68.8 cm³/mol. The molecule has 0 bridgehead atoms. The Morgan fingerprint density at radius 1 is 1.29 bits per heavy atom. The number of hydrogen-bond acceptors (Lipinski definition) is 4. The lowest BCUT2D eigenvalue weighted by molar-refractivity contribution is 0.0809. The molecule has 1 aliphatic rings. The van der Waals surface area contributed by atoms with E-state index < -0.39 is 8.25 Å². The Bertz CT molecular complexity index is 348. The highest BCUT2D eigenvalue weighted by Gasteiger charge is 2.18. The summed E-state index contributed by atoms with van der Waals surface area (Å²) in [5.41, 5.74) is 1.28. The highest BCUT2D eigenvalue weighted by Crippen LogP contribution is 2.31. The quantitative estimate of drug-likeness (QED) is 0.611. The van der Waals surface area contributed by atoms with Crippen molar-refractivity contribution in [2.45, 2.75) is 6.16 Å². The Labute approximate surface area is 103 Å². The van der Waals surface area contributed by atoms with E-state index in [-0.39, 0.29) is 5.92 Å². The van der Waals surface area contributed by atoms with E-state index in [4.69, 9.17) is 13.6 Å². The van der Waals surface area contributed by atoms with Gasteiger partial charge in [-0.2, -0.15) is 0 Å². The first-order valence-corrected chi connectivity index (χ1v) is 7.87. The van der Waals surface area contributed by atoms with Crippen LogP contribution in [0, 0.1) is 5.92 Å². The first kappa shape index (κ1) is 13.2. The van der Waals surface area contributed by atoms with Gasteiger partial charge in [0.05, 0.1) is 19.8 Å². The number of benzene rings is 1. The molecule has 0 radical (unpaired) electrons. The minimum atomic E-state index is -2.20. The molecule has 1 heterocycles. The van der Waals surface area contributed by atoms with Gasteiger partial charge in [-0.25, -0.2) is 0 Å². The minimum absolute atomic E-state index is 0.209. The second-order valence-corrected chi connectivity index (χ2v) is 5.86. The van der Waals surface area contributed by atoms with Gasteiger partial charge in [0.25, 0.3) is 0 Å². The number of hydrogen-bond donors (Lipinski definition) is 0. The third kappa shape index (κ3) is 4.87.